The van der Waals surface area contributed by atoms with Crippen LogP contribution in [-0.2, 0) is 6.54 Å². The third kappa shape index (κ3) is 4.18. The molecule has 0 spiro atoms. The molecule has 2 saturated heterocycles. The predicted octanol–water partition coefficient (Wildman–Crippen LogP) is 5.07. The summed E-state index contributed by atoms with van der Waals surface area (Å²) >= 11 is 0. The van der Waals surface area contributed by atoms with E-state index in [0.29, 0.717) is 33.7 Å². The summed E-state index contributed by atoms with van der Waals surface area (Å²) < 4.78 is 16.1. The van der Waals surface area contributed by atoms with Crippen LogP contribution in [0.4, 0.5) is 10.2 Å². The zero-order valence-electron chi connectivity index (χ0n) is 21.3. The Bertz CT molecular complexity index is 1600. The van der Waals surface area contributed by atoms with Crippen molar-refractivity contribution in [3.05, 3.63) is 48.3 Å². The molecule has 9 nitrogen and oxygen atoms in total. The van der Waals surface area contributed by atoms with E-state index < -0.39 is 0 Å². The van der Waals surface area contributed by atoms with Crippen LogP contribution in [0.5, 0.6) is 0 Å². The number of nitrogens with zero attached hydrogens (tertiary/aromatic N) is 7. The Hall–Kier alpha value is -3.92. The molecule has 2 aliphatic rings. The van der Waals surface area contributed by atoms with Crippen molar-refractivity contribution < 1.29 is 4.39 Å². The first-order chi connectivity index (χ1) is 18.7. The molecule has 0 atom stereocenters. The maximum absolute atomic E-state index is 16.1. The first-order valence-corrected chi connectivity index (χ1v) is 13.5. The van der Waals surface area contributed by atoms with Gasteiger partial charge in [-0.05, 0) is 62.9 Å². The van der Waals surface area contributed by atoms with Gasteiger partial charge in [0.2, 0.25) is 0 Å². The van der Waals surface area contributed by atoms with Gasteiger partial charge in [0.05, 0.1) is 10.9 Å². The smallest absolute Gasteiger partial charge is 0.184 e. The van der Waals surface area contributed by atoms with E-state index in [2.05, 4.69) is 39.9 Å². The van der Waals surface area contributed by atoms with E-state index in [9.17, 15) is 0 Å². The Labute approximate surface area is 219 Å². The van der Waals surface area contributed by atoms with Crippen molar-refractivity contribution in [1.29, 1.82) is 0 Å². The summed E-state index contributed by atoms with van der Waals surface area (Å²) in [5.74, 6) is 0.999. The van der Waals surface area contributed by atoms with E-state index in [-0.39, 0.29) is 5.82 Å². The van der Waals surface area contributed by atoms with Crippen molar-refractivity contribution in [2.45, 2.75) is 45.1 Å². The number of imidazole rings is 1. The van der Waals surface area contributed by atoms with Crippen LogP contribution in [0.15, 0.2) is 36.9 Å². The molecule has 194 valence electrons. The molecule has 2 fully saturated rings. The number of halogens is 1. The number of pyridine rings is 3. The molecule has 0 bridgehead atoms. The van der Waals surface area contributed by atoms with E-state index in [0.717, 1.165) is 68.0 Å². The van der Waals surface area contributed by atoms with Gasteiger partial charge in [-0.3, -0.25) is 15.0 Å². The number of hydrogen-bond acceptors (Lipinski definition) is 7. The third-order valence-corrected chi connectivity index (χ3v) is 7.75. The second-order valence-corrected chi connectivity index (χ2v) is 10.4. The summed E-state index contributed by atoms with van der Waals surface area (Å²) in [7, 11) is 0. The summed E-state index contributed by atoms with van der Waals surface area (Å²) in [6.45, 7) is 4.94. The number of H-pyrrole nitrogens is 2. The fourth-order valence-electron chi connectivity index (χ4n) is 5.80. The molecule has 2 aliphatic heterocycles. The minimum absolute atomic E-state index is 0.313. The number of aromatic amines is 2. The van der Waals surface area contributed by atoms with E-state index in [1.165, 1.54) is 25.7 Å². The van der Waals surface area contributed by atoms with Crippen LogP contribution in [-0.4, -0.2) is 66.2 Å². The van der Waals surface area contributed by atoms with Crippen LogP contribution in [0.1, 0.15) is 44.1 Å². The summed E-state index contributed by atoms with van der Waals surface area (Å²) in [6, 6.07) is 3.92. The number of likely N-dealkylation sites (tertiary alicyclic amines) is 1. The monoisotopic (exact) mass is 511 g/mol. The number of rotatable bonds is 5. The van der Waals surface area contributed by atoms with Crippen LogP contribution in [0.2, 0.25) is 0 Å². The average Bonchev–Trinajstić information content (AvgIpc) is 3.59. The Morgan fingerprint density at radius 1 is 0.921 bits per heavy atom. The molecule has 0 aromatic carbocycles. The quantitative estimate of drug-likeness (QED) is 0.339. The molecule has 0 aliphatic carbocycles. The largest absolute Gasteiger partial charge is 0.355 e. The van der Waals surface area contributed by atoms with Crippen LogP contribution in [0, 0.1) is 5.82 Å². The Balaban J connectivity index is 1.27. The van der Waals surface area contributed by atoms with Gasteiger partial charge < -0.3 is 9.88 Å². The molecule has 2 N–H and O–H groups in total. The summed E-state index contributed by atoms with van der Waals surface area (Å²) in [4.78, 5) is 26.5. The van der Waals surface area contributed by atoms with Crippen molar-refractivity contribution >= 4 is 27.9 Å². The summed E-state index contributed by atoms with van der Waals surface area (Å²) in [5.41, 5.74) is 4.62. The molecule has 7 heterocycles. The minimum atomic E-state index is -0.384. The number of fused-ring (bicyclic) bond motifs is 2. The van der Waals surface area contributed by atoms with Crippen molar-refractivity contribution in [2.75, 3.05) is 31.1 Å². The lowest BCUT2D eigenvalue weighted by Gasteiger charge is -2.27. The normalized spacial score (nSPS) is 17.0. The lowest BCUT2D eigenvalue weighted by molar-refractivity contribution is 0.220. The Kier molecular flexibility index (Phi) is 5.96. The molecule has 5 aromatic rings. The number of anilines is 1. The predicted molar refractivity (Wildman–Crippen MR) is 145 cm³/mol. The third-order valence-electron chi connectivity index (χ3n) is 7.75. The van der Waals surface area contributed by atoms with Gasteiger partial charge >= 0.3 is 0 Å². The first-order valence-electron chi connectivity index (χ1n) is 13.5. The number of aromatic nitrogens is 7. The van der Waals surface area contributed by atoms with Gasteiger partial charge in [0.15, 0.2) is 17.3 Å². The van der Waals surface area contributed by atoms with E-state index in [1.54, 1.807) is 18.6 Å². The number of nitrogens with one attached hydrogen (secondary N) is 2. The van der Waals surface area contributed by atoms with Crippen molar-refractivity contribution in [3.63, 3.8) is 0 Å². The highest BCUT2D eigenvalue weighted by atomic mass is 19.1. The fraction of sp³-hybridized carbons (Fsp3) is 0.393. The highest BCUT2D eigenvalue weighted by molar-refractivity contribution is 5.95. The average molecular weight is 512 g/mol. The molecule has 0 unspecified atom stereocenters. The molecule has 0 saturated carbocycles. The molecule has 0 amide bonds. The van der Waals surface area contributed by atoms with E-state index >= 15 is 4.39 Å². The second-order valence-electron chi connectivity index (χ2n) is 10.4. The summed E-state index contributed by atoms with van der Waals surface area (Å²) in [6.07, 6.45) is 14.2. The first kappa shape index (κ1) is 23.2. The van der Waals surface area contributed by atoms with Gasteiger partial charge in [-0.1, -0.05) is 6.42 Å². The standard InChI is InChI=1S/C28H30FN9/c29-23-20(19-13-18(14-30-15-19)17-37-9-3-1-4-10-37)16-32-26-22(23)25(35-36-26)27-33-21-7-8-31-28(24(21)34-27)38-11-5-2-6-12-38/h7-8,13-16H,1-6,9-12,17H2,(H,33,34)(H,32,35,36). The molecule has 7 rings (SSSR count). The van der Waals surface area contributed by atoms with Crippen LogP contribution >= 0.6 is 0 Å². The minimum Gasteiger partial charge on any atom is -0.355 e. The van der Waals surface area contributed by atoms with Crippen LogP contribution < -0.4 is 4.90 Å². The SMILES string of the molecule is Fc1c(-c2cncc(CN3CCCCC3)c2)cnc2n[nH]c(-c3nc4c(N5CCCCC5)nccc4[nH]3)c12. The molecule has 38 heavy (non-hydrogen) atoms. The molecule has 10 heteroatoms. The van der Waals surface area contributed by atoms with Gasteiger partial charge in [-0.15, -0.1) is 0 Å². The topological polar surface area (TPSA) is 103 Å². The zero-order chi connectivity index (χ0) is 25.5. The van der Waals surface area contributed by atoms with Gasteiger partial charge in [-0.2, -0.15) is 5.10 Å². The van der Waals surface area contributed by atoms with E-state index in [1.807, 2.05) is 18.3 Å². The second kappa shape index (κ2) is 9.75. The summed E-state index contributed by atoms with van der Waals surface area (Å²) in [5, 5.41) is 7.57. The number of hydrogen-bond donors (Lipinski definition) is 2. The molecule has 0 radical (unpaired) electrons. The van der Waals surface area contributed by atoms with Gasteiger partial charge in [0.25, 0.3) is 0 Å². The highest BCUT2D eigenvalue weighted by Gasteiger charge is 2.23. The van der Waals surface area contributed by atoms with Crippen LogP contribution in [0.25, 0.3) is 44.7 Å². The molecule has 5 aromatic heterocycles. The number of piperidine rings is 2. The van der Waals surface area contributed by atoms with Crippen LogP contribution in [0.3, 0.4) is 0 Å². The zero-order valence-corrected chi connectivity index (χ0v) is 21.3. The Morgan fingerprint density at radius 3 is 2.58 bits per heavy atom. The lowest BCUT2D eigenvalue weighted by Crippen LogP contribution is -2.30. The van der Waals surface area contributed by atoms with Crippen molar-refractivity contribution in [3.8, 4) is 22.6 Å². The van der Waals surface area contributed by atoms with Crippen molar-refractivity contribution in [2.24, 2.45) is 0 Å². The maximum atomic E-state index is 16.1. The lowest BCUT2D eigenvalue weighted by atomic mass is 10.0. The molecular weight excluding hydrogens is 481 g/mol. The van der Waals surface area contributed by atoms with Gasteiger partial charge in [0.1, 0.15) is 17.0 Å². The Morgan fingerprint density at radius 2 is 1.74 bits per heavy atom. The fourth-order valence-corrected chi connectivity index (χ4v) is 5.80. The van der Waals surface area contributed by atoms with E-state index in [4.69, 9.17) is 4.98 Å². The highest BCUT2D eigenvalue weighted by Crippen LogP contribution is 2.34. The maximum Gasteiger partial charge on any atom is 0.184 e. The van der Waals surface area contributed by atoms with Crippen molar-refractivity contribution in [1.82, 2.24) is 40.0 Å². The molecular formula is C28H30FN9. The van der Waals surface area contributed by atoms with Gasteiger partial charge in [0, 0.05) is 55.5 Å². The van der Waals surface area contributed by atoms with Gasteiger partial charge in [-0.25, -0.2) is 19.3 Å².